The Morgan fingerprint density at radius 2 is 1.75 bits per heavy atom. The molecule has 1 aromatic carbocycles. The number of hydrogen-bond acceptors (Lipinski definition) is 5. The zero-order chi connectivity index (χ0) is 22.6. The first-order valence-electron chi connectivity index (χ1n) is 11.4. The Morgan fingerprint density at radius 1 is 1.09 bits per heavy atom. The van der Waals surface area contributed by atoms with E-state index in [-0.39, 0.29) is 47.7 Å². The lowest BCUT2D eigenvalue weighted by Gasteiger charge is -2.41. The highest BCUT2D eigenvalue weighted by molar-refractivity contribution is 7.89. The summed E-state index contributed by atoms with van der Waals surface area (Å²) in [6.45, 7) is 0. The van der Waals surface area contributed by atoms with Crippen molar-refractivity contribution >= 4 is 39.1 Å². The number of piperidine rings is 1. The molecule has 2 bridgehead atoms. The van der Waals surface area contributed by atoms with E-state index in [0.717, 1.165) is 31.2 Å². The summed E-state index contributed by atoms with van der Waals surface area (Å²) >= 11 is 6.31. The predicted molar refractivity (Wildman–Crippen MR) is 122 cm³/mol. The van der Waals surface area contributed by atoms with Crippen LogP contribution in [0.4, 0.5) is 5.69 Å². The predicted octanol–water partition coefficient (Wildman–Crippen LogP) is 2.16. The number of rotatable bonds is 4. The fraction of sp³-hybridized carbons (Fsp3) is 0.636. The van der Waals surface area contributed by atoms with Gasteiger partial charge in [0, 0.05) is 29.9 Å². The van der Waals surface area contributed by atoms with E-state index in [1.807, 2.05) is 0 Å². The van der Waals surface area contributed by atoms with Crippen molar-refractivity contribution in [1.82, 2.24) is 9.62 Å². The number of sulfonamides is 1. The second kappa shape index (κ2) is 8.27. The highest BCUT2D eigenvalue weighted by atomic mass is 35.5. The molecule has 3 atom stereocenters. The standard InChI is InChI=1S/C22H29ClN4O4S/c23-19-11-20-12(8-21(28)26-20)7-18(19)22(29)25-14-9-15-3-4-16(10-14)27(15)32(30,31)17-5-1-13(24)2-6-17/h7,11,13-17H,1-6,8-10,24H2,(H,25,29)(H,26,28)/t13?,14-,15-,16+,17?. The lowest BCUT2D eigenvalue weighted by atomic mass is 9.96. The van der Waals surface area contributed by atoms with Gasteiger partial charge in [0.2, 0.25) is 15.9 Å². The number of halogens is 1. The largest absolute Gasteiger partial charge is 0.349 e. The number of nitrogens with zero attached hydrogens (tertiary/aromatic N) is 1. The van der Waals surface area contributed by atoms with Crippen LogP contribution in [0.5, 0.6) is 0 Å². The molecule has 3 heterocycles. The Balaban J connectivity index is 1.27. The van der Waals surface area contributed by atoms with Crippen molar-refractivity contribution in [2.75, 3.05) is 5.32 Å². The van der Waals surface area contributed by atoms with Crippen molar-refractivity contribution in [1.29, 1.82) is 0 Å². The van der Waals surface area contributed by atoms with Gasteiger partial charge in [0.15, 0.2) is 0 Å². The summed E-state index contributed by atoms with van der Waals surface area (Å²) in [5.41, 5.74) is 7.73. The molecule has 2 amide bonds. The van der Waals surface area contributed by atoms with E-state index in [2.05, 4.69) is 10.6 Å². The maximum absolute atomic E-state index is 13.4. The van der Waals surface area contributed by atoms with E-state index < -0.39 is 10.0 Å². The minimum Gasteiger partial charge on any atom is -0.349 e. The molecule has 4 aliphatic rings. The lowest BCUT2D eigenvalue weighted by molar-refractivity contribution is -0.115. The molecule has 0 radical (unpaired) electrons. The monoisotopic (exact) mass is 480 g/mol. The Morgan fingerprint density at radius 3 is 2.41 bits per heavy atom. The topological polar surface area (TPSA) is 122 Å². The van der Waals surface area contributed by atoms with Gasteiger partial charge in [0.05, 0.1) is 22.3 Å². The van der Waals surface area contributed by atoms with Crippen LogP contribution in [0.3, 0.4) is 0 Å². The van der Waals surface area contributed by atoms with Crippen molar-refractivity contribution in [3.63, 3.8) is 0 Å². The third-order valence-electron chi connectivity index (χ3n) is 7.50. The minimum absolute atomic E-state index is 0.0723. The molecule has 10 heteroatoms. The Labute approximate surface area is 193 Å². The van der Waals surface area contributed by atoms with Crippen LogP contribution in [0, 0.1) is 0 Å². The average Bonchev–Trinajstić information content (AvgIpc) is 3.23. The summed E-state index contributed by atoms with van der Waals surface area (Å²) < 4.78 is 28.5. The van der Waals surface area contributed by atoms with Crippen molar-refractivity contribution in [2.24, 2.45) is 5.73 Å². The average molecular weight is 481 g/mol. The molecule has 3 aliphatic heterocycles. The maximum atomic E-state index is 13.4. The maximum Gasteiger partial charge on any atom is 0.253 e. The zero-order valence-electron chi connectivity index (χ0n) is 17.8. The Hall–Kier alpha value is -1.68. The number of benzene rings is 1. The highest BCUT2D eigenvalue weighted by Crippen LogP contribution is 2.41. The van der Waals surface area contributed by atoms with Crippen LogP contribution in [0.15, 0.2) is 12.1 Å². The van der Waals surface area contributed by atoms with E-state index in [4.69, 9.17) is 17.3 Å². The van der Waals surface area contributed by atoms with Gasteiger partial charge in [-0.1, -0.05) is 11.6 Å². The molecule has 0 aromatic heterocycles. The molecule has 0 spiro atoms. The summed E-state index contributed by atoms with van der Waals surface area (Å²) in [6.07, 6.45) is 5.89. The van der Waals surface area contributed by atoms with E-state index in [1.54, 1.807) is 16.4 Å². The molecule has 4 N–H and O–H groups in total. The molecule has 5 rings (SSSR count). The normalized spacial score (nSPS) is 32.4. The second-order valence-corrected chi connectivity index (χ2v) is 12.2. The number of anilines is 1. The lowest BCUT2D eigenvalue weighted by Crippen LogP contribution is -2.55. The van der Waals surface area contributed by atoms with Gasteiger partial charge in [0.1, 0.15) is 0 Å². The van der Waals surface area contributed by atoms with Crippen molar-refractivity contribution in [3.05, 3.63) is 28.3 Å². The van der Waals surface area contributed by atoms with Crippen LogP contribution in [0.2, 0.25) is 5.02 Å². The Kier molecular flexibility index (Phi) is 5.72. The summed E-state index contributed by atoms with van der Waals surface area (Å²) in [4.78, 5) is 24.6. The van der Waals surface area contributed by atoms with Crippen LogP contribution in [0.1, 0.15) is 67.3 Å². The summed E-state index contributed by atoms with van der Waals surface area (Å²) in [6, 6.07) is 3.15. The van der Waals surface area contributed by atoms with Gasteiger partial charge in [-0.15, -0.1) is 0 Å². The van der Waals surface area contributed by atoms with Gasteiger partial charge < -0.3 is 16.4 Å². The number of carbonyl (C=O) groups excluding carboxylic acids is 2. The summed E-state index contributed by atoms with van der Waals surface area (Å²) in [5, 5.41) is 5.76. The molecular formula is C22H29ClN4O4S. The summed E-state index contributed by atoms with van der Waals surface area (Å²) in [5.74, 6) is -0.391. The number of nitrogens with one attached hydrogen (secondary N) is 2. The van der Waals surface area contributed by atoms with Gasteiger partial charge in [0.25, 0.3) is 5.91 Å². The third kappa shape index (κ3) is 3.93. The quantitative estimate of drug-likeness (QED) is 0.609. The first-order chi connectivity index (χ1) is 15.2. The Bertz CT molecular complexity index is 1040. The SMILES string of the molecule is NC1CCC(S(=O)(=O)N2[C@@H]3CC[C@H]2C[C@H](NC(=O)c2cc4c(cc2Cl)NC(=O)C4)C3)CC1. The number of hydrogen-bond donors (Lipinski definition) is 3. The molecule has 1 aliphatic carbocycles. The summed E-state index contributed by atoms with van der Waals surface area (Å²) in [7, 11) is -3.36. The molecule has 0 unspecified atom stereocenters. The zero-order valence-corrected chi connectivity index (χ0v) is 19.4. The molecule has 32 heavy (non-hydrogen) atoms. The van der Waals surface area contributed by atoms with Crippen LogP contribution in [0.25, 0.3) is 0 Å². The number of carbonyl (C=O) groups is 2. The molecule has 1 saturated carbocycles. The van der Waals surface area contributed by atoms with E-state index in [9.17, 15) is 18.0 Å². The third-order valence-corrected chi connectivity index (χ3v) is 10.3. The van der Waals surface area contributed by atoms with E-state index in [1.165, 1.54) is 0 Å². The van der Waals surface area contributed by atoms with E-state index in [0.29, 0.717) is 42.0 Å². The minimum atomic E-state index is -3.36. The molecule has 8 nitrogen and oxygen atoms in total. The number of nitrogens with two attached hydrogens (primary N) is 1. The second-order valence-electron chi connectivity index (χ2n) is 9.65. The smallest absolute Gasteiger partial charge is 0.253 e. The first kappa shape index (κ1) is 22.1. The van der Waals surface area contributed by atoms with Crippen LogP contribution < -0.4 is 16.4 Å². The fourth-order valence-corrected chi connectivity index (χ4v) is 8.59. The molecular weight excluding hydrogens is 452 g/mol. The first-order valence-corrected chi connectivity index (χ1v) is 13.3. The molecule has 174 valence electrons. The molecule has 1 aromatic rings. The van der Waals surface area contributed by atoms with Crippen molar-refractivity contribution in [3.8, 4) is 0 Å². The van der Waals surface area contributed by atoms with Crippen molar-refractivity contribution in [2.45, 2.75) is 87.2 Å². The number of amides is 2. The van der Waals surface area contributed by atoms with E-state index >= 15 is 0 Å². The molecule has 3 fully saturated rings. The van der Waals surface area contributed by atoms with Crippen LogP contribution in [-0.2, 0) is 21.2 Å². The number of fused-ring (bicyclic) bond motifs is 3. The van der Waals surface area contributed by atoms with Crippen LogP contribution >= 0.6 is 11.6 Å². The molecule has 2 saturated heterocycles. The van der Waals surface area contributed by atoms with Crippen molar-refractivity contribution < 1.29 is 18.0 Å². The highest BCUT2D eigenvalue weighted by Gasteiger charge is 2.49. The van der Waals surface area contributed by atoms with Gasteiger partial charge >= 0.3 is 0 Å². The fourth-order valence-electron chi connectivity index (χ4n) is 5.91. The van der Waals surface area contributed by atoms with Gasteiger partial charge in [-0.25, -0.2) is 8.42 Å². The van der Waals surface area contributed by atoms with Gasteiger partial charge in [-0.05, 0) is 69.1 Å². The van der Waals surface area contributed by atoms with Crippen LogP contribution in [-0.4, -0.2) is 54.0 Å². The van der Waals surface area contributed by atoms with Gasteiger partial charge in [-0.2, -0.15) is 4.31 Å². The van der Waals surface area contributed by atoms with Gasteiger partial charge in [-0.3, -0.25) is 9.59 Å².